The summed E-state index contributed by atoms with van der Waals surface area (Å²) in [6.45, 7) is 2.46. The van der Waals surface area contributed by atoms with Crippen molar-refractivity contribution in [1.29, 1.82) is 0 Å². The number of carboxylic acid groups (broad SMARTS) is 1. The molecule has 1 fully saturated rings. The van der Waals surface area contributed by atoms with Gasteiger partial charge < -0.3 is 5.11 Å². The normalized spacial score (nSPS) is 16.5. The Morgan fingerprint density at radius 3 is 2.38 bits per heavy atom. The predicted molar refractivity (Wildman–Crippen MR) is 98.9 cm³/mol. The molecule has 138 valence electrons. The molecule has 2 aromatic carbocycles. The smallest absolute Gasteiger partial charge is 0.335 e. The summed E-state index contributed by atoms with van der Waals surface area (Å²) in [4.78, 5) is 13.3. The van der Waals surface area contributed by atoms with Crippen LogP contribution in [0.3, 0.4) is 0 Å². The Kier molecular flexibility index (Phi) is 5.62. The minimum absolute atomic E-state index is 0.129. The third-order valence-corrected chi connectivity index (χ3v) is 6.76. The summed E-state index contributed by atoms with van der Waals surface area (Å²) < 4.78 is 26.9. The average molecular weight is 395 g/mol. The molecule has 8 heteroatoms. The molecular formula is C18H19ClN2O4S. The molecule has 26 heavy (non-hydrogen) atoms. The molecule has 6 nitrogen and oxygen atoms in total. The lowest BCUT2D eigenvalue weighted by Gasteiger charge is -2.34. The Balaban J connectivity index is 1.65. The molecule has 0 unspecified atom stereocenters. The molecule has 1 N–H and O–H groups in total. The van der Waals surface area contributed by atoms with Gasteiger partial charge in [0, 0.05) is 32.7 Å². The zero-order valence-corrected chi connectivity index (χ0v) is 15.6. The molecule has 0 amide bonds. The highest BCUT2D eigenvalue weighted by Crippen LogP contribution is 2.25. The first kappa shape index (κ1) is 18.8. The molecule has 1 heterocycles. The second kappa shape index (κ2) is 7.75. The molecule has 0 bridgehead atoms. The van der Waals surface area contributed by atoms with Crippen molar-refractivity contribution in [3.05, 3.63) is 64.7 Å². The van der Waals surface area contributed by atoms with E-state index >= 15 is 0 Å². The first-order chi connectivity index (χ1) is 12.4. The summed E-state index contributed by atoms with van der Waals surface area (Å²) in [5.41, 5.74) is 1.15. The fourth-order valence-electron chi connectivity index (χ4n) is 2.98. The number of benzene rings is 2. The fourth-order valence-corrected chi connectivity index (χ4v) is 4.90. The van der Waals surface area contributed by atoms with E-state index in [1.807, 2.05) is 6.07 Å². The Hall–Kier alpha value is -1.93. The van der Waals surface area contributed by atoms with Crippen LogP contribution in [-0.2, 0) is 16.6 Å². The van der Waals surface area contributed by atoms with Gasteiger partial charge in [-0.3, -0.25) is 4.90 Å². The standard InChI is InChI=1S/C18H19ClN2O4S/c19-16-6-1-2-7-17(16)26(24,25)21-10-8-20(9-11-21)13-14-4-3-5-15(12-14)18(22)23/h1-7,12H,8-11,13H2,(H,22,23). The molecule has 0 atom stereocenters. The van der Waals surface area contributed by atoms with E-state index in [9.17, 15) is 13.2 Å². The van der Waals surface area contributed by atoms with Gasteiger partial charge in [0.25, 0.3) is 0 Å². The minimum atomic E-state index is -3.61. The molecule has 2 aromatic rings. The Morgan fingerprint density at radius 2 is 1.73 bits per heavy atom. The number of nitrogens with zero attached hydrogens (tertiary/aromatic N) is 2. The van der Waals surface area contributed by atoms with Crippen LogP contribution in [0.2, 0.25) is 5.02 Å². The van der Waals surface area contributed by atoms with Crippen molar-refractivity contribution in [2.45, 2.75) is 11.4 Å². The van der Waals surface area contributed by atoms with Crippen molar-refractivity contribution >= 4 is 27.6 Å². The monoisotopic (exact) mass is 394 g/mol. The molecule has 1 aliphatic heterocycles. The molecule has 1 aliphatic rings. The maximum Gasteiger partial charge on any atom is 0.335 e. The second-order valence-electron chi connectivity index (χ2n) is 6.12. The van der Waals surface area contributed by atoms with Gasteiger partial charge in [-0.1, -0.05) is 35.9 Å². The first-order valence-corrected chi connectivity index (χ1v) is 9.99. The SMILES string of the molecule is O=C(O)c1cccc(CN2CCN(S(=O)(=O)c3ccccc3Cl)CC2)c1. The Labute approximate surface area is 157 Å². The van der Waals surface area contributed by atoms with Crippen molar-refractivity contribution in [3.8, 4) is 0 Å². The van der Waals surface area contributed by atoms with Gasteiger partial charge in [0.1, 0.15) is 4.90 Å². The molecule has 0 aromatic heterocycles. The number of rotatable bonds is 5. The third kappa shape index (κ3) is 4.07. The maximum atomic E-state index is 12.8. The van der Waals surface area contributed by atoms with E-state index in [-0.39, 0.29) is 15.5 Å². The highest BCUT2D eigenvalue weighted by molar-refractivity contribution is 7.89. The lowest BCUT2D eigenvalue weighted by atomic mass is 10.1. The molecule has 3 rings (SSSR count). The van der Waals surface area contributed by atoms with Crippen LogP contribution in [0, 0.1) is 0 Å². The lowest BCUT2D eigenvalue weighted by molar-refractivity contribution is 0.0696. The van der Waals surface area contributed by atoms with E-state index in [0.717, 1.165) is 5.56 Å². The summed E-state index contributed by atoms with van der Waals surface area (Å²) >= 11 is 6.04. The summed E-state index contributed by atoms with van der Waals surface area (Å²) in [5.74, 6) is -0.956. The van der Waals surface area contributed by atoms with Gasteiger partial charge in [0.2, 0.25) is 10.0 Å². The van der Waals surface area contributed by atoms with Crippen molar-refractivity contribution in [1.82, 2.24) is 9.21 Å². The molecule has 1 saturated heterocycles. The summed E-state index contributed by atoms with van der Waals surface area (Å²) in [6, 6.07) is 13.2. The zero-order chi connectivity index (χ0) is 18.7. The van der Waals surface area contributed by atoms with Crippen LogP contribution >= 0.6 is 11.6 Å². The number of hydrogen-bond donors (Lipinski definition) is 1. The Bertz CT molecular complexity index is 909. The van der Waals surface area contributed by atoms with Crippen LogP contribution in [0.1, 0.15) is 15.9 Å². The topological polar surface area (TPSA) is 77.9 Å². The number of carbonyl (C=O) groups is 1. The highest BCUT2D eigenvalue weighted by Gasteiger charge is 2.29. The van der Waals surface area contributed by atoms with Crippen molar-refractivity contribution < 1.29 is 18.3 Å². The van der Waals surface area contributed by atoms with Gasteiger partial charge in [-0.05, 0) is 29.8 Å². The first-order valence-electron chi connectivity index (χ1n) is 8.17. The number of halogens is 1. The molecule has 0 saturated carbocycles. The molecule has 0 radical (unpaired) electrons. The highest BCUT2D eigenvalue weighted by atomic mass is 35.5. The van der Waals surface area contributed by atoms with Gasteiger partial charge in [-0.15, -0.1) is 0 Å². The van der Waals surface area contributed by atoms with Gasteiger partial charge in [0.15, 0.2) is 0 Å². The van der Waals surface area contributed by atoms with E-state index in [0.29, 0.717) is 32.7 Å². The minimum Gasteiger partial charge on any atom is -0.478 e. The number of sulfonamides is 1. The van der Waals surface area contributed by atoms with E-state index in [4.69, 9.17) is 16.7 Å². The Morgan fingerprint density at radius 1 is 1.04 bits per heavy atom. The van der Waals surface area contributed by atoms with Crippen molar-refractivity contribution in [3.63, 3.8) is 0 Å². The van der Waals surface area contributed by atoms with E-state index < -0.39 is 16.0 Å². The van der Waals surface area contributed by atoms with Gasteiger partial charge in [-0.2, -0.15) is 4.31 Å². The number of hydrogen-bond acceptors (Lipinski definition) is 4. The van der Waals surface area contributed by atoms with Crippen LogP contribution in [0.4, 0.5) is 0 Å². The van der Waals surface area contributed by atoms with Crippen LogP contribution < -0.4 is 0 Å². The largest absolute Gasteiger partial charge is 0.478 e. The second-order valence-corrected chi connectivity index (χ2v) is 8.43. The third-order valence-electron chi connectivity index (χ3n) is 4.37. The zero-order valence-electron chi connectivity index (χ0n) is 14.0. The van der Waals surface area contributed by atoms with E-state index in [1.54, 1.807) is 36.4 Å². The van der Waals surface area contributed by atoms with Crippen LogP contribution in [-0.4, -0.2) is 54.9 Å². The summed E-state index contributed by atoms with van der Waals surface area (Å²) in [6.07, 6.45) is 0. The van der Waals surface area contributed by atoms with Crippen LogP contribution in [0.25, 0.3) is 0 Å². The van der Waals surface area contributed by atoms with Crippen molar-refractivity contribution in [2.24, 2.45) is 0 Å². The lowest BCUT2D eigenvalue weighted by Crippen LogP contribution is -2.48. The predicted octanol–water partition coefficient (Wildman–Crippen LogP) is 2.54. The summed E-state index contributed by atoms with van der Waals surface area (Å²) in [7, 11) is -3.61. The molecule has 0 spiro atoms. The van der Waals surface area contributed by atoms with Gasteiger partial charge in [0.05, 0.1) is 10.6 Å². The molecule has 0 aliphatic carbocycles. The maximum absolute atomic E-state index is 12.8. The van der Waals surface area contributed by atoms with E-state index in [1.165, 1.54) is 10.4 Å². The van der Waals surface area contributed by atoms with Gasteiger partial charge >= 0.3 is 5.97 Å². The van der Waals surface area contributed by atoms with Crippen molar-refractivity contribution in [2.75, 3.05) is 26.2 Å². The number of piperazine rings is 1. The molecular weight excluding hydrogens is 376 g/mol. The quantitative estimate of drug-likeness (QED) is 0.843. The summed E-state index contributed by atoms with van der Waals surface area (Å²) in [5, 5.41) is 9.29. The fraction of sp³-hybridized carbons (Fsp3) is 0.278. The van der Waals surface area contributed by atoms with Gasteiger partial charge in [-0.25, -0.2) is 13.2 Å². The van der Waals surface area contributed by atoms with Crippen LogP contribution in [0.15, 0.2) is 53.4 Å². The van der Waals surface area contributed by atoms with Crippen LogP contribution in [0.5, 0.6) is 0 Å². The van der Waals surface area contributed by atoms with E-state index in [2.05, 4.69) is 4.90 Å². The average Bonchev–Trinajstić information content (AvgIpc) is 2.62. The number of aromatic carboxylic acids is 1. The number of carboxylic acids is 1.